The van der Waals surface area contributed by atoms with Crippen LogP contribution in [0.2, 0.25) is 0 Å². The Hall–Kier alpha value is -3.14. The minimum absolute atomic E-state index is 0.0887. The van der Waals surface area contributed by atoms with Crippen molar-refractivity contribution in [3.8, 4) is 0 Å². The molecule has 4 rings (SSSR count). The lowest BCUT2D eigenvalue weighted by Crippen LogP contribution is -2.57. The first kappa shape index (κ1) is 27.9. The maximum Gasteiger partial charge on any atom is 0.410 e. The van der Waals surface area contributed by atoms with E-state index in [-0.39, 0.29) is 30.9 Å². The van der Waals surface area contributed by atoms with Gasteiger partial charge in [-0.1, -0.05) is 24.3 Å². The number of rotatable bonds is 5. The average molecular weight is 529 g/mol. The molecule has 10 nitrogen and oxygen atoms in total. The van der Waals surface area contributed by atoms with Gasteiger partial charge < -0.3 is 25.0 Å². The lowest BCUT2D eigenvalue weighted by atomic mass is 9.87. The SMILES string of the molecule is C[C@@H](C(=O)N[C@H]1CCO[C@H]2CC[C@@H](C(=O)N[C@@H]3CCCc4ccccc43)N2C1=O)N(C)C(=O)OC(C)(C)C. The fraction of sp³-hybridized carbons (Fsp3) is 0.643. The molecule has 208 valence electrons. The lowest BCUT2D eigenvalue weighted by Gasteiger charge is -2.33. The number of hydrogen-bond acceptors (Lipinski definition) is 6. The predicted molar refractivity (Wildman–Crippen MR) is 140 cm³/mol. The van der Waals surface area contributed by atoms with Crippen LogP contribution in [0.5, 0.6) is 0 Å². The maximum absolute atomic E-state index is 13.6. The van der Waals surface area contributed by atoms with Crippen LogP contribution in [0.3, 0.4) is 0 Å². The second kappa shape index (κ2) is 11.3. The molecule has 2 N–H and O–H groups in total. The van der Waals surface area contributed by atoms with Crippen LogP contribution in [-0.2, 0) is 30.3 Å². The zero-order valence-corrected chi connectivity index (χ0v) is 23.0. The highest BCUT2D eigenvalue weighted by molar-refractivity contribution is 5.94. The number of carbonyl (C=O) groups is 4. The molecular formula is C28H40N4O6. The molecule has 3 aliphatic rings. The van der Waals surface area contributed by atoms with E-state index in [0.717, 1.165) is 24.8 Å². The molecular weight excluding hydrogens is 488 g/mol. The van der Waals surface area contributed by atoms with E-state index in [1.54, 1.807) is 27.7 Å². The molecule has 4 amide bonds. The number of aryl methyl sites for hydroxylation is 1. The summed E-state index contributed by atoms with van der Waals surface area (Å²) in [5.74, 6) is -1.01. The predicted octanol–water partition coefficient (Wildman–Crippen LogP) is 2.66. The number of ether oxygens (including phenoxy) is 2. The standard InChI is InChI=1S/C28H40N4O6/c1-17(31(5)27(36)38-28(2,3)4)24(33)30-21-15-16-37-23-14-13-22(32(23)26(21)35)25(34)29-20-12-8-10-18-9-6-7-11-19(18)20/h6-7,9,11,17,20-23H,8,10,12-16H2,1-5H3,(H,29,34)(H,30,33)/t17-,20+,21-,22-,23-/m0/s1. The Bertz CT molecular complexity index is 1070. The number of fused-ring (bicyclic) bond motifs is 2. The van der Waals surface area contributed by atoms with E-state index >= 15 is 0 Å². The summed E-state index contributed by atoms with van der Waals surface area (Å²) in [5.41, 5.74) is 1.68. The Balaban J connectivity index is 1.42. The number of amides is 4. The molecule has 0 aromatic heterocycles. The van der Waals surface area contributed by atoms with Crippen LogP contribution in [0.1, 0.15) is 77.0 Å². The number of likely N-dealkylation sites (N-methyl/N-ethyl adjacent to an activating group) is 1. The van der Waals surface area contributed by atoms with Gasteiger partial charge in [0, 0.05) is 13.5 Å². The molecule has 1 aromatic carbocycles. The van der Waals surface area contributed by atoms with Crippen molar-refractivity contribution in [2.24, 2.45) is 0 Å². The highest BCUT2D eigenvalue weighted by Gasteiger charge is 2.46. The van der Waals surface area contributed by atoms with Gasteiger partial charge in [0.25, 0.3) is 0 Å². The summed E-state index contributed by atoms with van der Waals surface area (Å²) < 4.78 is 11.3. The quantitative estimate of drug-likeness (QED) is 0.607. The van der Waals surface area contributed by atoms with E-state index in [1.807, 2.05) is 12.1 Å². The highest BCUT2D eigenvalue weighted by atomic mass is 16.6. The molecule has 38 heavy (non-hydrogen) atoms. The van der Waals surface area contributed by atoms with Gasteiger partial charge in [-0.25, -0.2) is 4.79 Å². The smallest absolute Gasteiger partial charge is 0.410 e. The van der Waals surface area contributed by atoms with Gasteiger partial charge >= 0.3 is 6.09 Å². The minimum Gasteiger partial charge on any atom is -0.444 e. The van der Waals surface area contributed by atoms with Gasteiger partial charge in [-0.15, -0.1) is 0 Å². The van der Waals surface area contributed by atoms with Crippen molar-refractivity contribution in [1.29, 1.82) is 0 Å². The van der Waals surface area contributed by atoms with Crippen LogP contribution in [-0.4, -0.2) is 77.2 Å². The second-order valence-corrected chi connectivity index (χ2v) is 11.4. The Labute approximate surface area is 224 Å². The number of hydrogen-bond donors (Lipinski definition) is 2. The molecule has 0 spiro atoms. The zero-order chi connectivity index (χ0) is 27.6. The van der Waals surface area contributed by atoms with Crippen molar-refractivity contribution in [1.82, 2.24) is 20.4 Å². The van der Waals surface area contributed by atoms with Crippen LogP contribution < -0.4 is 10.6 Å². The van der Waals surface area contributed by atoms with E-state index in [1.165, 1.54) is 22.4 Å². The van der Waals surface area contributed by atoms with Crippen LogP contribution in [0.4, 0.5) is 4.79 Å². The van der Waals surface area contributed by atoms with Crippen molar-refractivity contribution >= 4 is 23.8 Å². The van der Waals surface area contributed by atoms with Gasteiger partial charge in [0.05, 0.1) is 12.6 Å². The third-order valence-corrected chi connectivity index (χ3v) is 7.55. The van der Waals surface area contributed by atoms with Crippen LogP contribution in [0.25, 0.3) is 0 Å². The molecule has 2 aliphatic heterocycles. The summed E-state index contributed by atoms with van der Waals surface area (Å²) in [5, 5.41) is 5.96. The van der Waals surface area contributed by atoms with E-state index in [4.69, 9.17) is 9.47 Å². The van der Waals surface area contributed by atoms with E-state index in [9.17, 15) is 19.2 Å². The molecule has 10 heteroatoms. The summed E-state index contributed by atoms with van der Waals surface area (Å²) in [4.78, 5) is 55.2. The second-order valence-electron chi connectivity index (χ2n) is 11.4. The maximum atomic E-state index is 13.6. The monoisotopic (exact) mass is 528 g/mol. The first-order valence-electron chi connectivity index (χ1n) is 13.5. The molecule has 5 atom stereocenters. The van der Waals surface area contributed by atoms with Crippen LogP contribution >= 0.6 is 0 Å². The van der Waals surface area contributed by atoms with Gasteiger partial charge in [-0.2, -0.15) is 0 Å². The molecule has 0 unspecified atom stereocenters. The number of nitrogens with zero attached hydrogens (tertiary/aromatic N) is 2. The fourth-order valence-corrected chi connectivity index (χ4v) is 5.39. The first-order valence-corrected chi connectivity index (χ1v) is 13.5. The zero-order valence-electron chi connectivity index (χ0n) is 23.0. The normalized spacial score (nSPS) is 25.9. The summed E-state index contributed by atoms with van der Waals surface area (Å²) >= 11 is 0. The van der Waals surface area contributed by atoms with Crippen molar-refractivity contribution in [3.05, 3.63) is 35.4 Å². The van der Waals surface area contributed by atoms with Crippen LogP contribution in [0, 0.1) is 0 Å². The van der Waals surface area contributed by atoms with Gasteiger partial charge in [-0.05, 0) is 70.9 Å². The van der Waals surface area contributed by atoms with E-state index in [0.29, 0.717) is 12.8 Å². The Kier molecular flexibility index (Phi) is 8.30. The van der Waals surface area contributed by atoms with Gasteiger partial charge in [0.15, 0.2) is 0 Å². The van der Waals surface area contributed by atoms with Crippen molar-refractivity contribution < 1.29 is 28.7 Å². The topological polar surface area (TPSA) is 117 Å². The Morgan fingerprint density at radius 3 is 2.55 bits per heavy atom. The minimum atomic E-state index is -0.860. The van der Waals surface area contributed by atoms with Gasteiger partial charge in [-0.3, -0.25) is 19.3 Å². The van der Waals surface area contributed by atoms with Crippen molar-refractivity contribution in [2.75, 3.05) is 13.7 Å². The molecule has 0 bridgehead atoms. The number of carbonyl (C=O) groups excluding carboxylic acids is 4. The van der Waals surface area contributed by atoms with Crippen LogP contribution in [0.15, 0.2) is 24.3 Å². The molecule has 0 saturated carbocycles. The molecule has 2 fully saturated rings. The fourth-order valence-electron chi connectivity index (χ4n) is 5.39. The van der Waals surface area contributed by atoms with E-state index < -0.39 is 42.0 Å². The van der Waals surface area contributed by atoms with Gasteiger partial charge in [0.2, 0.25) is 17.7 Å². The molecule has 0 radical (unpaired) electrons. The largest absolute Gasteiger partial charge is 0.444 e. The highest BCUT2D eigenvalue weighted by Crippen LogP contribution is 2.32. The molecule has 1 aromatic rings. The summed E-state index contributed by atoms with van der Waals surface area (Å²) in [7, 11) is 1.48. The average Bonchev–Trinajstić information content (AvgIpc) is 3.23. The molecule has 2 heterocycles. The third-order valence-electron chi connectivity index (χ3n) is 7.55. The first-order chi connectivity index (χ1) is 18.0. The summed E-state index contributed by atoms with van der Waals surface area (Å²) in [6, 6.07) is 5.68. The number of nitrogens with one attached hydrogen (secondary N) is 2. The van der Waals surface area contributed by atoms with Gasteiger partial charge in [0.1, 0.15) is 30.0 Å². The summed E-state index contributed by atoms with van der Waals surface area (Å²) in [6.45, 7) is 7.10. The summed E-state index contributed by atoms with van der Waals surface area (Å²) in [6.07, 6.45) is 3.05. The van der Waals surface area contributed by atoms with E-state index in [2.05, 4.69) is 22.8 Å². The molecule has 2 saturated heterocycles. The lowest BCUT2D eigenvalue weighted by molar-refractivity contribution is -0.149. The number of benzene rings is 1. The Morgan fingerprint density at radius 2 is 1.82 bits per heavy atom. The third kappa shape index (κ3) is 6.11. The van der Waals surface area contributed by atoms with Crippen molar-refractivity contribution in [3.63, 3.8) is 0 Å². The van der Waals surface area contributed by atoms with Crippen molar-refractivity contribution in [2.45, 2.75) is 102 Å². The Morgan fingerprint density at radius 1 is 1.08 bits per heavy atom. The molecule has 1 aliphatic carbocycles.